The van der Waals surface area contributed by atoms with Crippen molar-refractivity contribution >= 4 is 105 Å². The average molecular weight is 929 g/mol. The second kappa shape index (κ2) is 17.4. The molecule has 8 bridgehead atoms. The third-order valence-electron chi connectivity index (χ3n) is 10.7. The number of fused-ring (bicyclic) bond motifs is 8. The van der Waals surface area contributed by atoms with Crippen molar-refractivity contribution in [3.05, 3.63) is 151 Å². The first-order valence-corrected chi connectivity index (χ1v) is 21.5. The summed E-state index contributed by atoms with van der Waals surface area (Å²) in [6, 6.07) is 27.0. The Morgan fingerprint density at radius 1 is 0.484 bits per heavy atom. The Hall–Kier alpha value is -6.82. The number of benzene rings is 4. The quantitative estimate of drug-likeness (QED) is 0.110. The van der Waals surface area contributed by atoms with Crippen molar-refractivity contribution < 1.29 is 29.3 Å². The number of carbonyl (C=O) groups is 2. The second-order valence-corrected chi connectivity index (χ2v) is 16.2. The molecule has 0 atom stereocenters. The number of phenolic OH excluding ortho intramolecular Hbond substituents is 2. The maximum Gasteiger partial charge on any atom is 0.338 e. The molecule has 10 nitrogen and oxygen atoms in total. The van der Waals surface area contributed by atoms with Crippen LogP contribution >= 0.6 is 46.4 Å². The standard InChI is InChI=1S/C50H34Cl4N4O6/c1-3-63-49(61)25-11-13-27(41(59)23-25)43-33-15-19-37(55-33)47(45-29(51)7-5-8-30(45)52)39-21-17-35(57-39)44(28-14-12-26(24-42(28)60)50(62)64-4-2)36-18-22-40(58-36)48(38-20-16-34(43)56-38)46-31(53)9-6-10-32(46)54/h5-24,55,58-60H,3-4H2,1-2H3. The number of aromatic amines is 2. The van der Waals surface area contributed by atoms with Gasteiger partial charge in [-0.15, -0.1) is 0 Å². The van der Waals surface area contributed by atoms with Crippen molar-refractivity contribution in [2.24, 2.45) is 0 Å². The Bertz CT molecular complexity index is 3070. The summed E-state index contributed by atoms with van der Waals surface area (Å²) in [5.41, 5.74) is 8.23. The van der Waals surface area contributed by atoms with Crippen molar-refractivity contribution in [1.82, 2.24) is 19.9 Å². The van der Waals surface area contributed by atoms with Gasteiger partial charge in [-0.05, 0) is 123 Å². The largest absolute Gasteiger partial charge is 0.507 e. The van der Waals surface area contributed by atoms with Crippen LogP contribution in [0.1, 0.15) is 57.3 Å². The van der Waals surface area contributed by atoms with Crippen molar-refractivity contribution in [2.75, 3.05) is 13.2 Å². The van der Waals surface area contributed by atoms with Crippen molar-refractivity contribution in [3.8, 4) is 56.0 Å². The normalized spacial score (nSPS) is 11.8. The summed E-state index contributed by atoms with van der Waals surface area (Å²) in [7, 11) is 0. The fourth-order valence-corrected chi connectivity index (χ4v) is 9.11. The van der Waals surface area contributed by atoms with Gasteiger partial charge in [-0.1, -0.05) is 58.5 Å². The first-order valence-electron chi connectivity index (χ1n) is 20.0. The number of carbonyl (C=O) groups excluding carboxylic acids is 2. The highest BCUT2D eigenvalue weighted by atomic mass is 35.5. The summed E-state index contributed by atoms with van der Waals surface area (Å²) in [4.78, 5) is 43.0. The molecule has 9 rings (SSSR count). The van der Waals surface area contributed by atoms with Crippen LogP contribution in [0.3, 0.4) is 0 Å². The van der Waals surface area contributed by atoms with E-state index in [9.17, 15) is 19.8 Å². The topological polar surface area (TPSA) is 150 Å². The van der Waals surface area contributed by atoms with Crippen LogP contribution in [0.25, 0.3) is 90.9 Å². The van der Waals surface area contributed by atoms with Gasteiger partial charge >= 0.3 is 11.9 Å². The van der Waals surface area contributed by atoms with E-state index in [-0.39, 0.29) is 35.8 Å². The van der Waals surface area contributed by atoms with Crippen LogP contribution in [0, 0.1) is 0 Å². The van der Waals surface area contributed by atoms with E-state index in [4.69, 9.17) is 65.8 Å². The maximum atomic E-state index is 12.7. The van der Waals surface area contributed by atoms with Crippen LogP contribution < -0.4 is 0 Å². The van der Waals surface area contributed by atoms with Gasteiger partial charge in [0.25, 0.3) is 0 Å². The molecule has 0 spiro atoms. The summed E-state index contributed by atoms with van der Waals surface area (Å²) in [5, 5.41) is 24.8. The Balaban J connectivity index is 1.46. The molecule has 0 amide bonds. The van der Waals surface area contributed by atoms with Crippen LogP contribution in [0.5, 0.6) is 11.5 Å². The number of esters is 2. The number of nitrogens with one attached hydrogen (secondary N) is 2. The molecule has 0 unspecified atom stereocenters. The minimum Gasteiger partial charge on any atom is -0.507 e. The number of hydrogen-bond acceptors (Lipinski definition) is 8. The minimum absolute atomic E-state index is 0.167. The lowest BCUT2D eigenvalue weighted by Gasteiger charge is -2.11. The molecule has 14 heteroatoms. The summed E-state index contributed by atoms with van der Waals surface area (Å²) < 4.78 is 10.4. The van der Waals surface area contributed by atoms with E-state index in [1.54, 1.807) is 74.5 Å². The predicted molar refractivity (Wildman–Crippen MR) is 256 cm³/mol. The minimum atomic E-state index is -0.578. The fraction of sp³-hybridized carbons (Fsp3) is 0.0800. The zero-order chi connectivity index (χ0) is 44.8. The smallest absolute Gasteiger partial charge is 0.338 e. The van der Waals surface area contributed by atoms with E-state index in [0.717, 1.165) is 0 Å². The Morgan fingerprint density at radius 3 is 1.14 bits per heavy atom. The van der Waals surface area contributed by atoms with Crippen molar-refractivity contribution in [1.29, 1.82) is 0 Å². The lowest BCUT2D eigenvalue weighted by atomic mass is 10.0. The number of H-pyrrole nitrogens is 2. The summed E-state index contributed by atoms with van der Waals surface area (Å²) >= 11 is 27.8. The highest BCUT2D eigenvalue weighted by Gasteiger charge is 2.24. The van der Waals surface area contributed by atoms with Gasteiger partial charge in [0.1, 0.15) is 11.5 Å². The van der Waals surface area contributed by atoms with E-state index in [2.05, 4.69) is 9.97 Å². The van der Waals surface area contributed by atoms with Crippen LogP contribution in [0.2, 0.25) is 20.1 Å². The van der Waals surface area contributed by atoms with Crippen LogP contribution in [-0.4, -0.2) is 55.3 Å². The van der Waals surface area contributed by atoms with Crippen LogP contribution in [0.4, 0.5) is 0 Å². The van der Waals surface area contributed by atoms with E-state index in [0.29, 0.717) is 109 Å². The molecular formula is C50H34Cl4N4O6. The first-order chi connectivity index (χ1) is 30.9. The number of ether oxygens (including phenoxy) is 2. The molecule has 0 fully saturated rings. The van der Waals surface area contributed by atoms with E-state index in [1.807, 2.05) is 48.6 Å². The molecule has 2 aliphatic heterocycles. The Morgan fingerprint density at radius 2 is 0.812 bits per heavy atom. The van der Waals surface area contributed by atoms with Gasteiger partial charge in [0, 0.05) is 66.6 Å². The number of rotatable bonds is 8. The van der Waals surface area contributed by atoms with Gasteiger partial charge in [0.05, 0.1) is 67.2 Å². The molecule has 0 saturated carbocycles. The van der Waals surface area contributed by atoms with Gasteiger partial charge in [-0.25, -0.2) is 19.6 Å². The molecule has 7 aromatic rings. The fourth-order valence-electron chi connectivity index (χ4n) is 7.94. The van der Waals surface area contributed by atoms with E-state index >= 15 is 0 Å². The zero-order valence-corrected chi connectivity index (χ0v) is 36.9. The molecule has 0 radical (unpaired) electrons. The number of aromatic nitrogens is 4. The molecule has 2 aliphatic rings. The Kier molecular flexibility index (Phi) is 11.5. The molecule has 5 heterocycles. The van der Waals surface area contributed by atoms with Gasteiger partial charge < -0.3 is 29.7 Å². The number of phenols is 2. The summed E-state index contributed by atoms with van der Waals surface area (Å²) in [6.45, 7) is 3.75. The highest BCUT2D eigenvalue weighted by Crippen LogP contribution is 2.45. The second-order valence-electron chi connectivity index (χ2n) is 14.6. The molecular weight excluding hydrogens is 894 g/mol. The van der Waals surface area contributed by atoms with Gasteiger partial charge in [-0.2, -0.15) is 0 Å². The Labute approximate surface area is 386 Å². The average Bonchev–Trinajstić information content (AvgIpc) is 4.12. The lowest BCUT2D eigenvalue weighted by molar-refractivity contribution is 0.0516. The van der Waals surface area contributed by atoms with Gasteiger partial charge in [0.15, 0.2) is 0 Å². The number of aromatic hydroxyl groups is 2. The summed E-state index contributed by atoms with van der Waals surface area (Å²) in [6.07, 6.45) is 7.29. The van der Waals surface area contributed by atoms with Gasteiger partial charge in [0.2, 0.25) is 0 Å². The van der Waals surface area contributed by atoms with Gasteiger partial charge in [-0.3, -0.25) is 0 Å². The summed E-state index contributed by atoms with van der Waals surface area (Å²) in [5.74, 6) is -1.53. The third kappa shape index (κ3) is 7.69. The highest BCUT2D eigenvalue weighted by molar-refractivity contribution is 6.40. The molecule has 64 heavy (non-hydrogen) atoms. The monoisotopic (exact) mass is 926 g/mol. The van der Waals surface area contributed by atoms with E-state index in [1.165, 1.54) is 12.1 Å². The maximum absolute atomic E-state index is 12.7. The molecule has 3 aromatic heterocycles. The molecule has 0 saturated heterocycles. The van der Waals surface area contributed by atoms with Crippen LogP contribution in [0.15, 0.2) is 97.1 Å². The molecule has 4 aromatic carbocycles. The third-order valence-corrected chi connectivity index (χ3v) is 12.0. The van der Waals surface area contributed by atoms with Crippen molar-refractivity contribution in [3.63, 3.8) is 0 Å². The first kappa shape index (κ1) is 42.5. The number of hydrogen-bond donors (Lipinski definition) is 4. The number of halogens is 4. The molecule has 318 valence electrons. The predicted octanol–water partition coefficient (Wildman–Crippen LogP) is 13.7. The molecule has 0 aliphatic carbocycles. The lowest BCUT2D eigenvalue weighted by Crippen LogP contribution is -2.04. The molecule has 4 N–H and O–H groups in total. The SMILES string of the molecule is CCOC(=O)c1ccc(-c2c3nc(c(-c4c(Cl)cccc4Cl)c4ccc([nH]4)c(-c4ccc(C(=O)OCC)cc4O)c4nc(c(-c5c(Cl)cccc5Cl)c5ccc2[nH]5)C=C4)C=C3)c(O)c1. The number of nitrogens with zero attached hydrogens (tertiary/aromatic N) is 2. The van der Waals surface area contributed by atoms with Crippen LogP contribution in [-0.2, 0) is 9.47 Å². The van der Waals surface area contributed by atoms with E-state index < -0.39 is 11.9 Å². The van der Waals surface area contributed by atoms with Crippen molar-refractivity contribution in [2.45, 2.75) is 13.8 Å². The zero-order valence-electron chi connectivity index (χ0n) is 33.9.